The Labute approximate surface area is 191 Å². The summed E-state index contributed by atoms with van der Waals surface area (Å²) in [5.74, 6) is 1.35. The maximum Gasteiger partial charge on any atom is 0.127 e. The monoisotopic (exact) mass is 441 g/mol. The van der Waals surface area contributed by atoms with E-state index in [4.69, 9.17) is 14.9 Å². The van der Waals surface area contributed by atoms with Gasteiger partial charge in [0.2, 0.25) is 0 Å². The lowest BCUT2D eigenvalue weighted by Gasteiger charge is -2.15. The summed E-state index contributed by atoms with van der Waals surface area (Å²) in [5, 5.41) is 6.74. The molecule has 1 saturated carbocycles. The molecule has 0 heterocycles. The van der Waals surface area contributed by atoms with Crippen LogP contribution in [0.2, 0.25) is 0 Å². The van der Waals surface area contributed by atoms with Gasteiger partial charge >= 0.3 is 0 Å². The van der Waals surface area contributed by atoms with Gasteiger partial charge in [-0.05, 0) is 62.3 Å². The number of unbranched alkanes of at least 4 members (excludes halogenated alkanes) is 1. The topological polar surface area (TPSA) is 51.5 Å². The predicted octanol–water partition coefficient (Wildman–Crippen LogP) is 7.65. The zero-order valence-corrected chi connectivity index (χ0v) is 21.4. The minimum Gasteiger partial charge on any atom is -0.493 e. The molecule has 1 unspecified atom stereocenters. The molecule has 4 nitrogen and oxygen atoms in total. The Hall–Kier alpha value is -1.46. The number of hydrogen-bond donors (Lipinski definition) is 1. The van der Waals surface area contributed by atoms with Crippen LogP contribution in [0.1, 0.15) is 91.5 Å². The zero-order valence-electron chi connectivity index (χ0n) is 21.4. The van der Waals surface area contributed by atoms with Crippen molar-refractivity contribution in [3.63, 3.8) is 0 Å². The van der Waals surface area contributed by atoms with E-state index in [9.17, 15) is 4.39 Å². The second kappa shape index (κ2) is 21.8. The lowest BCUT2D eigenvalue weighted by atomic mass is 10.0. The minimum absolute atomic E-state index is 0.0519. The SMILES string of the molecule is CCC(C)=N.CCCC.CCCOCC(C)c1cc(OCC2CC2)ccc1F.COC. The molecule has 5 heteroatoms. The molecule has 1 aliphatic rings. The standard InChI is InChI=1S/C16H23FO2.C4H9N.C4H10.C2H6O/c1-3-8-18-10-12(2)15-9-14(6-7-16(15)17)19-11-13-4-5-13;1-3-4(2)5;1-3-4-2;1-3-2/h6-7,9,12-13H,3-5,8,10-11H2,1-2H3;5H,3H2,1-2H3;3-4H2,1-2H3;1-2H3. The molecule has 1 aliphatic carbocycles. The zero-order chi connectivity index (χ0) is 24.1. The highest BCUT2D eigenvalue weighted by molar-refractivity contribution is 5.78. The number of halogens is 1. The minimum atomic E-state index is -0.175. The van der Waals surface area contributed by atoms with Crippen molar-refractivity contribution in [3.8, 4) is 5.75 Å². The molecule has 1 aromatic carbocycles. The molecule has 1 fully saturated rings. The second-order valence-corrected chi connectivity index (χ2v) is 7.96. The third-order valence-electron chi connectivity index (χ3n) is 4.43. The Kier molecular flexibility index (Phi) is 22.3. The molecule has 182 valence electrons. The van der Waals surface area contributed by atoms with Gasteiger partial charge in [0.05, 0.1) is 13.2 Å². The van der Waals surface area contributed by atoms with Gasteiger partial charge in [-0.15, -0.1) is 0 Å². The molecule has 1 N–H and O–H groups in total. The van der Waals surface area contributed by atoms with Crippen LogP contribution in [0.3, 0.4) is 0 Å². The fraction of sp³-hybridized carbons (Fsp3) is 0.731. The highest BCUT2D eigenvalue weighted by Crippen LogP contribution is 2.30. The normalized spacial score (nSPS) is 12.8. The maximum absolute atomic E-state index is 13.8. The molecule has 1 atom stereocenters. The summed E-state index contributed by atoms with van der Waals surface area (Å²) in [7, 11) is 3.25. The number of methoxy groups -OCH3 is 1. The first kappa shape index (κ1) is 31.7. The van der Waals surface area contributed by atoms with Gasteiger partial charge in [-0.25, -0.2) is 4.39 Å². The van der Waals surface area contributed by atoms with Crippen LogP contribution in [-0.2, 0) is 9.47 Å². The first-order valence-electron chi connectivity index (χ1n) is 11.7. The molecule has 0 radical (unpaired) electrons. The number of ether oxygens (including phenoxy) is 3. The Balaban J connectivity index is 0. The van der Waals surface area contributed by atoms with E-state index in [0.717, 1.165) is 37.5 Å². The van der Waals surface area contributed by atoms with E-state index < -0.39 is 0 Å². The van der Waals surface area contributed by atoms with Crippen molar-refractivity contribution < 1.29 is 18.6 Å². The van der Waals surface area contributed by atoms with Gasteiger partial charge in [0.1, 0.15) is 11.6 Å². The van der Waals surface area contributed by atoms with Crippen LogP contribution in [0.5, 0.6) is 5.75 Å². The molecule has 0 spiro atoms. The predicted molar refractivity (Wildman–Crippen MR) is 131 cm³/mol. The Morgan fingerprint density at radius 3 is 2.06 bits per heavy atom. The fourth-order valence-electron chi connectivity index (χ4n) is 1.98. The lowest BCUT2D eigenvalue weighted by molar-refractivity contribution is 0.123. The largest absolute Gasteiger partial charge is 0.493 e. The molecular formula is C26H48FNO3. The first-order valence-corrected chi connectivity index (χ1v) is 11.7. The van der Waals surface area contributed by atoms with Gasteiger partial charge in [-0.1, -0.05) is 47.5 Å². The van der Waals surface area contributed by atoms with Crippen molar-refractivity contribution >= 4 is 5.71 Å². The van der Waals surface area contributed by atoms with Crippen LogP contribution in [0.15, 0.2) is 18.2 Å². The van der Waals surface area contributed by atoms with Crippen molar-refractivity contribution in [2.24, 2.45) is 5.92 Å². The van der Waals surface area contributed by atoms with Crippen molar-refractivity contribution in [2.75, 3.05) is 34.0 Å². The van der Waals surface area contributed by atoms with Gasteiger partial charge in [0, 0.05) is 32.5 Å². The first-order chi connectivity index (χ1) is 14.8. The number of nitrogens with one attached hydrogen (secondary N) is 1. The second-order valence-electron chi connectivity index (χ2n) is 7.96. The Morgan fingerprint density at radius 2 is 1.65 bits per heavy atom. The van der Waals surface area contributed by atoms with Crippen molar-refractivity contribution in [1.82, 2.24) is 0 Å². The van der Waals surface area contributed by atoms with Crippen molar-refractivity contribution in [3.05, 3.63) is 29.6 Å². The smallest absolute Gasteiger partial charge is 0.127 e. The molecule has 2 rings (SSSR count). The summed E-state index contributed by atoms with van der Waals surface area (Å²) in [6, 6.07) is 5.02. The summed E-state index contributed by atoms with van der Waals surface area (Å²) < 4.78 is 29.3. The van der Waals surface area contributed by atoms with Crippen molar-refractivity contribution in [1.29, 1.82) is 5.41 Å². The third-order valence-corrected chi connectivity index (χ3v) is 4.43. The highest BCUT2D eigenvalue weighted by Gasteiger charge is 2.22. The van der Waals surface area contributed by atoms with Crippen LogP contribution in [-0.4, -0.2) is 39.8 Å². The quantitative estimate of drug-likeness (QED) is 0.300. The summed E-state index contributed by atoms with van der Waals surface area (Å²) >= 11 is 0. The third kappa shape index (κ3) is 20.2. The van der Waals surface area contributed by atoms with Crippen LogP contribution in [0, 0.1) is 17.1 Å². The van der Waals surface area contributed by atoms with E-state index in [2.05, 4.69) is 25.5 Å². The molecule has 0 aromatic heterocycles. The Morgan fingerprint density at radius 1 is 1.10 bits per heavy atom. The van der Waals surface area contributed by atoms with E-state index in [1.54, 1.807) is 27.2 Å². The fourth-order valence-corrected chi connectivity index (χ4v) is 1.98. The average Bonchev–Trinajstić information content (AvgIpc) is 3.59. The summed E-state index contributed by atoms with van der Waals surface area (Å²) in [4.78, 5) is 0. The van der Waals surface area contributed by atoms with Gasteiger partial charge in [0.15, 0.2) is 0 Å². The van der Waals surface area contributed by atoms with E-state index in [-0.39, 0.29) is 11.7 Å². The van der Waals surface area contributed by atoms with Gasteiger partial charge in [-0.3, -0.25) is 0 Å². The molecule has 0 saturated heterocycles. The maximum atomic E-state index is 13.8. The summed E-state index contributed by atoms with van der Waals surface area (Å²) in [6.45, 7) is 14.2. The van der Waals surface area contributed by atoms with E-state index in [0.29, 0.717) is 18.1 Å². The van der Waals surface area contributed by atoms with Crippen LogP contribution >= 0.6 is 0 Å². The van der Waals surface area contributed by atoms with Gasteiger partial charge < -0.3 is 19.6 Å². The number of benzene rings is 1. The molecule has 1 aromatic rings. The molecule has 0 bridgehead atoms. The molecular weight excluding hydrogens is 393 g/mol. The molecule has 0 aliphatic heterocycles. The van der Waals surface area contributed by atoms with E-state index in [1.807, 2.05) is 19.9 Å². The van der Waals surface area contributed by atoms with Gasteiger partial charge in [0.25, 0.3) is 0 Å². The van der Waals surface area contributed by atoms with E-state index in [1.165, 1.54) is 31.7 Å². The average molecular weight is 442 g/mol. The van der Waals surface area contributed by atoms with E-state index >= 15 is 0 Å². The van der Waals surface area contributed by atoms with Crippen LogP contribution < -0.4 is 4.74 Å². The summed E-state index contributed by atoms with van der Waals surface area (Å²) in [6.07, 6.45) is 7.03. The Bertz CT molecular complexity index is 545. The van der Waals surface area contributed by atoms with Crippen LogP contribution in [0.25, 0.3) is 0 Å². The van der Waals surface area contributed by atoms with Crippen molar-refractivity contribution in [2.45, 2.75) is 86.0 Å². The van der Waals surface area contributed by atoms with Crippen LogP contribution in [0.4, 0.5) is 4.39 Å². The summed E-state index contributed by atoms with van der Waals surface area (Å²) in [5.41, 5.74) is 1.44. The highest BCUT2D eigenvalue weighted by atomic mass is 19.1. The molecule has 0 amide bonds. The molecule has 31 heavy (non-hydrogen) atoms. The number of hydrogen-bond acceptors (Lipinski definition) is 4. The number of rotatable bonds is 10. The lowest BCUT2D eigenvalue weighted by Crippen LogP contribution is -2.08. The van der Waals surface area contributed by atoms with Gasteiger partial charge in [-0.2, -0.15) is 0 Å².